The van der Waals surface area contributed by atoms with Crippen molar-refractivity contribution in [3.8, 4) is 5.75 Å². The topological polar surface area (TPSA) is 57.5 Å². The summed E-state index contributed by atoms with van der Waals surface area (Å²) in [5.41, 5.74) is -2.71. The average molecular weight is 294 g/mol. The van der Waals surface area contributed by atoms with E-state index < -0.39 is 46.7 Å². The number of carbonyl (C=O) groups is 1. The molecule has 0 unspecified atom stereocenters. The quantitative estimate of drug-likeness (QED) is 0.571. The van der Waals surface area contributed by atoms with E-state index in [0.29, 0.717) is 0 Å². The molecule has 0 amide bonds. The molecule has 19 heavy (non-hydrogen) atoms. The van der Waals surface area contributed by atoms with Crippen molar-refractivity contribution in [1.82, 2.24) is 0 Å². The molecule has 0 aliphatic heterocycles. The summed E-state index contributed by atoms with van der Waals surface area (Å²) in [4.78, 5) is 9.00. The van der Waals surface area contributed by atoms with Gasteiger partial charge in [-0.25, -0.2) is 8.78 Å². The van der Waals surface area contributed by atoms with Crippen molar-refractivity contribution in [2.24, 2.45) is 0 Å². The Hall–Kier alpha value is -2.00. The van der Waals surface area contributed by atoms with Crippen LogP contribution in [-0.2, 0) is 11.0 Å². The molecule has 0 bridgehead atoms. The number of halogens is 7. The number of phenols is 1. The van der Waals surface area contributed by atoms with Crippen LogP contribution < -0.4 is 0 Å². The number of phenolic OH excluding ortho intramolecular Hbond substituents is 1. The number of hydrogen-bond acceptors (Lipinski definition) is 2. The lowest BCUT2D eigenvalue weighted by Crippen LogP contribution is -2.14. The van der Waals surface area contributed by atoms with Gasteiger partial charge < -0.3 is 10.2 Å². The van der Waals surface area contributed by atoms with Crippen LogP contribution in [0.2, 0.25) is 0 Å². The van der Waals surface area contributed by atoms with E-state index in [-0.39, 0.29) is 0 Å². The minimum absolute atomic E-state index is 0.833. The van der Waals surface area contributed by atoms with E-state index in [2.05, 4.69) is 0 Å². The van der Waals surface area contributed by atoms with Gasteiger partial charge in [0.25, 0.3) is 5.97 Å². The first-order valence-electron chi connectivity index (χ1n) is 4.22. The molecule has 0 aliphatic rings. The third-order valence-corrected chi connectivity index (χ3v) is 1.52. The zero-order valence-electron chi connectivity index (χ0n) is 8.95. The molecule has 2 N–H and O–H groups in total. The van der Waals surface area contributed by atoms with E-state index in [1.54, 1.807) is 0 Å². The number of aliphatic carboxylic acids is 1. The van der Waals surface area contributed by atoms with Crippen molar-refractivity contribution < 1.29 is 45.7 Å². The fourth-order valence-corrected chi connectivity index (χ4v) is 0.869. The van der Waals surface area contributed by atoms with Gasteiger partial charge in [-0.05, 0) is 0 Å². The molecule has 0 atom stereocenters. The van der Waals surface area contributed by atoms with Gasteiger partial charge in [-0.1, -0.05) is 0 Å². The second-order valence-electron chi connectivity index (χ2n) is 3.00. The Labute approximate surface area is 100 Å². The first-order valence-corrected chi connectivity index (χ1v) is 4.22. The van der Waals surface area contributed by atoms with E-state index in [4.69, 9.17) is 15.0 Å². The van der Waals surface area contributed by atoms with Crippen LogP contribution in [0.25, 0.3) is 0 Å². The molecule has 0 fully saturated rings. The van der Waals surface area contributed by atoms with Crippen LogP contribution in [0.3, 0.4) is 0 Å². The summed E-state index contributed by atoms with van der Waals surface area (Å²) in [7, 11) is 0. The van der Waals surface area contributed by atoms with Crippen LogP contribution in [0, 0.1) is 23.3 Å². The summed E-state index contributed by atoms with van der Waals surface area (Å²) in [6.07, 6.45) is -5.59. The molecule has 1 rings (SSSR count). The van der Waals surface area contributed by atoms with Gasteiger partial charge in [0.1, 0.15) is 5.56 Å². The third-order valence-electron chi connectivity index (χ3n) is 1.52. The summed E-state index contributed by atoms with van der Waals surface area (Å²) >= 11 is 0. The van der Waals surface area contributed by atoms with Crippen molar-refractivity contribution in [2.75, 3.05) is 0 Å². The average Bonchev–Trinajstić information content (AvgIpc) is 2.21. The Morgan fingerprint density at radius 2 is 1.21 bits per heavy atom. The first-order chi connectivity index (χ1) is 8.41. The van der Waals surface area contributed by atoms with Crippen LogP contribution in [0.1, 0.15) is 12.5 Å². The molecular formula is C9H5F7O3. The predicted molar refractivity (Wildman–Crippen MR) is 46.3 cm³/mol. The molecule has 0 radical (unpaired) electrons. The van der Waals surface area contributed by atoms with E-state index in [9.17, 15) is 30.7 Å². The Balaban J connectivity index is 0.000000711. The van der Waals surface area contributed by atoms with Crippen molar-refractivity contribution in [2.45, 2.75) is 13.1 Å². The second kappa shape index (κ2) is 5.76. The van der Waals surface area contributed by atoms with Crippen LogP contribution >= 0.6 is 0 Å². The maximum absolute atomic E-state index is 12.5. The highest BCUT2D eigenvalue weighted by molar-refractivity contribution is 5.62. The SMILES string of the molecule is CC(=O)O.Oc1c(F)c(F)c(C(F)(F)F)c(F)c1F. The monoisotopic (exact) mass is 294 g/mol. The van der Waals surface area contributed by atoms with E-state index in [0.717, 1.165) is 6.92 Å². The molecule has 0 saturated carbocycles. The third kappa shape index (κ3) is 4.00. The lowest BCUT2D eigenvalue weighted by molar-refractivity contribution is -0.143. The van der Waals surface area contributed by atoms with E-state index >= 15 is 0 Å². The minimum atomic E-state index is -5.59. The first kappa shape index (κ1) is 17.0. The van der Waals surface area contributed by atoms with Gasteiger partial charge in [0.05, 0.1) is 0 Å². The molecule has 0 heterocycles. The van der Waals surface area contributed by atoms with Crippen molar-refractivity contribution in [3.05, 3.63) is 28.8 Å². The van der Waals surface area contributed by atoms with Crippen molar-refractivity contribution in [1.29, 1.82) is 0 Å². The number of aromatic hydroxyl groups is 1. The lowest BCUT2D eigenvalue weighted by atomic mass is 10.1. The van der Waals surface area contributed by atoms with Crippen LogP contribution in [0.5, 0.6) is 5.75 Å². The number of rotatable bonds is 0. The van der Waals surface area contributed by atoms with E-state index in [1.807, 2.05) is 0 Å². The summed E-state index contributed by atoms with van der Waals surface area (Å²) in [5.74, 6) is -13.3. The Kier molecular flexibility index (Phi) is 5.15. The van der Waals surface area contributed by atoms with Crippen LogP contribution in [0.4, 0.5) is 30.7 Å². The van der Waals surface area contributed by atoms with Gasteiger partial charge in [-0.3, -0.25) is 4.79 Å². The smallest absolute Gasteiger partial charge is 0.422 e. The highest BCUT2D eigenvalue weighted by Gasteiger charge is 2.42. The van der Waals surface area contributed by atoms with Gasteiger partial charge in [0.2, 0.25) is 11.6 Å². The van der Waals surface area contributed by atoms with Crippen molar-refractivity contribution in [3.63, 3.8) is 0 Å². The Morgan fingerprint density at radius 3 is 1.42 bits per heavy atom. The molecule has 1 aromatic carbocycles. The van der Waals surface area contributed by atoms with Gasteiger partial charge in [0, 0.05) is 6.92 Å². The standard InChI is InChI=1S/C7HF7O.C2H4O2/c8-2-1(7(12,13)14)3(9)5(11)6(15)4(2)10;1-2(3)4/h15H;1H3,(H,3,4). The highest BCUT2D eigenvalue weighted by Crippen LogP contribution is 2.38. The highest BCUT2D eigenvalue weighted by atomic mass is 19.4. The molecule has 108 valence electrons. The number of hydrogen-bond donors (Lipinski definition) is 2. The van der Waals surface area contributed by atoms with Crippen LogP contribution in [-0.4, -0.2) is 16.2 Å². The molecular weight excluding hydrogens is 289 g/mol. The summed E-state index contributed by atoms with van der Waals surface area (Å²) in [6, 6.07) is 0. The van der Waals surface area contributed by atoms with Gasteiger partial charge in [-0.2, -0.15) is 22.0 Å². The normalized spacial score (nSPS) is 10.7. The fourth-order valence-electron chi connectivity index (χ4n) is 0.869. The Morgan fingerprint density at radius 1 is 0.947 bits per heavy atom. The van der Waals surface area contributed by atoms with Crippen LogP contribution in [0.15, 0.2) is 0 Å². The van der Waals surface area contributed by atoms with Gasteiger partial charge >= 0.3 is 6.18 Å². The number of benzene rings is 1. The van der Waals surface area contributed by atoms with E-state index in [1.165, 1.54) is 0 Å². The summed E-state index contributed by atoms with van der Waals surface area (Å²) in [6.45, 7) is 1.08. The number of carboxylic acid groups (broad SMARTS) is 1. The second-order valence-corrected chi connectivity index (χ2v) is 3.00. The zero-order valence-corrected chi connectivity index (χ0v) is 8.95. The summed E-state index contributed by atoms with van der Waals surface area (Å²) in [5, 5.41) is 15.8. The molecule has 0 spiro atoms. The number of alkyl halides is 3. The molecule has 0 saturated heterocycles. The maximum atomic E-state index is 12.5. The largest absolute Gasteiger partial charge is 0.503 e. The van der Waals surface area contributed by atoms with Gasteiger partial charge in [-0.15, -0.1) is 0 Å². The molecule has 3 nitrogen and oxygen atoms in total. The van der Waals surface area contributed by atoms with Crippen molar-refractivity contribution >= 4 is 5.97 Å². The lowest BCUT2D eigenvalue weighted by Gasteiger charge is -2.11. The predicted octanol–water partition coefficient (Wildman–Crippen LogP) is 3.06. The molecule has 0 aromatic heterocycles. The fraction of sp³-hybridized carbons (Fsp3) is 0.222. The zero-order chi connectivity index (χ0) is 15.5. The molecule has 10 heteroatoms. The number of carboxylic acids is 1. The Bertz CT molecular complexity index is 463. The minimum Gasteiger partial charge on any atom is -0.503 e. The maximum Gasteiger partial charge on any atom is 0.422 e. The summed E-state index contributed by atoms with van der Waals surface area (Å²) < 4.78 is 85.7. The van der Waals surface area contributed by atoms with Gasteiger partial charge in [0.15, 0.2) is 17.4 Å². The molecule has 1 aromatic rings. The molecule has 0 aliphatic carbocycles.